The maximum absolute atomic E-state index is 12.5. The molecule has 0 aliphatic carbocycles. The Hall–Kier alpha value is -4.01. The molecule has 1 aromatic heterocycles. The molecule has 0 spiro atoms. The molecule has 2 aromatic carbocycles. The number of aliphatic imine (C=N–C) groups is 1. The van der Waals surface area contributed by atoms with Gasteiger partial charge in [-0.05, 0) is 43.2 Å². The Morgan fingerprint density at radius 1 is 1.10 bits per heavy atom. The fourth-order valence-corrected chi connectivity index (χ4v) is 4.10. The Balaban J connectivity index is 1.31. The van der Waals surface area contributed by atoms with Gasteiger partial charge in [0.15, 0.2) is 0 Å². The van der Waals surface area contributed by atoms with Crippen molar-refractivity contribution < 1.29 is 9.59 Å². The van der Waals surface area contributed by atoms with Crippen LogP contribution in [0.2, 0.25) is 0 Å². The molecular formula is C22H21N7O2. The summed E-state index contributed by atoms with van der Waals surface area (Å²) < 4.78 is 0. The number of nitrogens with two attached hydrogens (primary N) is 1. The lowest BCUT2D eigenvalue weighted by Crippen LogP contribution is -2.38. The third kappa shape index (κ3) is 3.24. The monoisotopic (exact) mass is 415 g/mol. The molecule has 0 saturated carbocycles. The van der Waals surface area contributed by atoms with E-state index < -0.39 is 0 Å². The average Bonchev–Trinajstić information content (AvgIpc) is 3.28. The van der Waals surface area contributed by atoms with Gasteiger partial charge in [-0.25, -0.2) is 4.99 Å². The van der Waals surface area contributed by atoms with E-state index in [1.54, 1.807) is 24.3 Å². The van der Waals surface area contributed by atoms with Gasteiger partial charge in [-0.15, -0.1) is 0 Å². The molecule has 5 rings (SSSR count). The molecular weight excluding hydrogens is 394 g/mol. The van der Waals surface area contributed by atoms with Crippen molar-refractivity contribution in [2.24, 2.45) is 10.7 Å². The minimum Gasteiger partial charge on any atom is -0.387 e. The number of hydrogen-bond donors (Lipinski definition) is 3. The number of aromatic amines is 1. The number of carbonyl (C=O) groups is 2. The highest BCUT2D eigenvalue weighted by Crippen LogP contribution is 2.27. The second-order valence-electron chi connectivity index (χ2n) is 7.64. The number of amides is 2. The second-order valence-corrected chi connectivity index (χ2v) is 7.64. The van der Waals surface area contributed by atoms with E-state index in [4.69, 9.17) is 11.1 Å². The highest BCUT2D eigenvalue weighted by Gasteiger charge is 2.34. The fourth-order valence-electron chi connectivity index (χ4n) is 4.10. The van der Waals surface area contributed by atoms with Crippen LogP contribution < -0.4 is 10.6 Å². The summed E-state index contributed by atoms with van der Waals surface area (Å²) in [6, 6.07) is 12.7. The molecule has 0 unspecified atom stereocenters. The van der Waals surface area contributed by atoms with Crippen molar-refractivity contribution in [3.05, 3.63) is 59.3 Å². The Morgan fingerprint density at radius 2 is 1.84 bits per heavy atom. The number of hydrogen-bond acceptors (Lipinski definition) is 5. The van der Waals surface area contributed by atoms with Crippen molar-refractivity contribution in [3.63, 3.8) is 0 Å². The SMILES string of the molecule is N=C1N=C(N)CCN1c1ccc2n[nH]c(CCCN3C(=O)c4ccccc4C3=O)c2c1. The molecule has 4 N–H and O–H groups in total. The summed E-state index contributed by atoms with van der Waals surface area (Å²) in [6.07, 6.45) is 1.86. The van der Waals surface area contributed by atoms with E-state index in [1.165, 1.54) is 4.90 Å². The van der Waals surface area contributed by atoms with Gasteiger partial charge >= 0.3 is 0 Å². The predicted molar refractivity (Wildman–Crippen MR) is 118 cm³/mol. The summed E-state index contributed by atoms with van der Waals surface area (Å²) >= 11 is 0. The largest absolute Gasteiger partial charge is 0.387 e. The predicted octanol–water partition coefficient (Wildman–Crippen LogP) is 2.29. The van der Waals surface area contributed by atoms with E-state index >= 15 is 0 Å². The lowest BCUT2D eigenvalue weighted by Gasteiger charge is -2.26. The molecule has 0 radical (unpaired) electrons. The van der Waals surface area contributed by atoms with Gasteiger partial charge in [-0.3, -0.25) is 25.0 Å². The number of imide groups is 1. The van der Waals surface area contributed by atoms with Crippen molar-refractivity contribution in [3.8, 4) is 0 Å². The van der Waals surface area contributed by atoms with Crippen LogP contribution in [0.3, 0.4) is 0 Å². The maximum atomic E-state index is 12.5. The van der Waals surface area contributed by atoms with Crippen LogP contribution >= 0.6 is 0 Å². The van der Waals surface area contributed by atoms with Gasteiger partial charge in [0.2, 0.25) is 5.96 Å². The molecule has 0 atom stereocenters. The average molecular weight is 415 g/mol. The van der Waals surface area contributed by atoms with Crippen molar-refractivity contribution in [1.29, 1.82) is 5.41 Å². The minimum absolute atomic E-state index is 0.124. The van der Waals surface area contributed by atoms with Gasteiger partial charge in [-0.1, -0.05) is 12.1 Å². The number of nitrogens with one attached hydrogen (secondary N) is 2. The minimum atomic E-state index is -0.235. The van der Waals surface area contributed by atoms with Gasteiger partial charge in [-0.2, -0.15) is 5.10 Å². The number of aromatic nitrogens is 2. The molecule has 2 amide bonds. The molecule has 31 heavy (non-hydrogen) atoms. The zero-order valence-corrected chi connectivity index (χ0v) is 16.8. The summed E-state index contributed by atoms with van der Waals surface area (Å²) in [4.78, 5) is 32.2. The van der Waals surface area contributed by atoms with E-state index in [1.807, 2.05) is 23.1 Å². The Bertz CT molecular complexity index is 1220. The molecule has 0 saturated heterocycles. The highest BCUT2D eigenvalue weighted by molar-refractivity contribution is 6.21. The zero-order chi connectivity index (χ0) is 21.5. The van der Waals surface area contributed by atoms with Gasteiger partial charge < -0.3 is 10.6 Å². The molecule has 0 bridgehead atoms. The quantitative estimate of drug-likeness (QED) is 0.550. The second kappa shape index (κ2) is 7.35. The van der Waals surface area contributed by atoms with E-state index in [0.29, 0.717) is 49.3 Å². The molecule has 3 aromatic rings. The number of H-pyrrole nitrogens is 1. The van der Waals surface area contributed by atoms with Crippen LogP contribution in [-0.4, -0.2) is 51.8 Å². The molecule has 2 aliphatic heterocycles. The lowest BCUT2D eigenvalue weighted by atomic mass is 10.1. The first-order valence-electron chi connectivity index (χ1n) is 10.1. The Labute approximate surface area is 178 Å². The summed E-state index contributed by atoms with van der Waals surface area (Å²) in [5.74, 6) is 0.125. The first kappa shape index (κ1) is 19.0. The number of aryl methyl sites for hydroxylation is 1. The van der Waals surface area contributed by atoms with Crippen molar-refractivity contribution in [2.75, 3.05) is 18.0 Å². The summed E-state index contributed by atoms with van der Waals surface area (Å²) in [6.45, 7) is 0.948. The molecule has 3 heterocycles. The molecule has 156 valence electrons. The van der Waals surface area contributed by atoms with Crippen LogP contribution in [0.1, 0.15) is 39.3 Å². The van der Waals surface area contributed by atoms with E-state index in [-0.39, 0.29) is 17.8 Å². The maximum Gasteiger partial charge on any atom is 0.261 e. The molecule has 2 aliphatic rings. The summed E-state index contributed by atoms with van der Waals surface area (Å²) in [5, 5.41) is 16.5. The number of amidine groups is 1. The van der Waals surface area contributed by atoms with E-state index in [0.717, 1.165) is 22.3 Å². The topological polar surface area (TPSA) is 132 Å². The summed E-state index contributed by atoms with van der Waals surface area (Å²) in [5.41, 5.74) is 9.28. The van der Waals surface area contributed by atoms with Crippen molar-refractivity contribution in [1.82, 2.24) is 15.1 Å². The Morgan fingerprint density at radius 3 is 2.55 bits per heavy atom. The first-order valence-corrected chi connectivity index (χ1v) is 10.1. The number of rotatable bonds is 5. The third-order valence-electron chi connectivity index (χ3n) is 5.71. The standard InChI is InChI=1S/C22H21N7O2/c23-19-9-11-28(22(24)25-19)13-7-8-18-16(12-13)17(26-27-18)6-3-10-29-20(30)14-4-1-2-5-15(14)21(29)31/h1-2,4-5,7-8,12H,3,6,9-11H2,(H,26,27)(H3,23,24,25). The number of anilines is 1. The van der Waals surface area contributed by atoms with Crippen LogP contribution in [0.15, 0.2) is 47.5 Å². The molecule has 9 heteroatoms. The number of nitrogens with zero attached hydrogens (tertiary/aromatic N) is 4. The van der Waals surface area contributed by atoms with Gasteiger partial charge in [0.1, 0.15) is 5.84 Å². The van der Waals surface area contributed by atoms with E-state index in [9.17, 15) is 9.59 Å². The normalized spacial score (nSPS) is 16.3. The zero-order valence-electron chi connectivity index (χ0n) is 16.8. The number of fused-ring (bicyclic) bond motifs is 2. The smallest absolute Gasteiger partial charge is 0.261 e. The Kier molecular flexibility index (Phi) is 4.50. The third-order valence-corrected chi connectivity index (χ3v) is 5.71. The number of carbonyl (C=O) groups excluding carboxylic acids is 2. The lowest BCUT2D eigenvalue weighted by molar-refractivity contribution is 0.0652. The van der Waals surface area contributed by atoms with Gasteiger partial charge in [0.05, 0.1) is 16.6 Å². The van der Waals surface area contributed by atoms with Crippen molar-refractivity contribution in [2.45, 2.75) is 19.3 Å². The highest BCUT2D eigenvalue weighted by atomic mass is 16.2. The molecule has 9 nitrogen and oxygen atoms in total. The molecule has 0 fully saturated rings. The fraction of sp³-hybridized carbons (Fsp3) is 0.227. The van der Waals surface area contributed by atoms with Crippen LogP contribution in [-0.2, 0) is 6.42 Å². The van der Waals surface area contributed by atoms with Gasteiger partial charge in [0.25, 0.3) is 11.8 Å². The number of benzene rings is 2. The van der Waals surface area contributed by atoms with Crippen LogP contribution in [0.25, 0.3) is 10.9 Å². The van der Waals surface area contributed by atoms with Crippen molar-refractivity contribution >= 4 is 40.2 Å². The first-order chi connectivity index (χ1) is 15.0. The number of guanidine groups is 1. The van der Waals surface area contributed by atoms with Crippen LogP contribution in [0.5, 0.6) is 0 Å². The van der Waals surface area contributed by atoms with Crippen LogP contribution in [0.4, 0.5) is 5.69 Å². The van der Waals surface area contributed by atoms with Gasteiger partial charge in [0, 0.05) is 36.3 Å². The summed E-state index contributed by atoms with van der Waals surface area (Å²) in [7, 11) is 0. The van der Waals surface area contributed by atoms with E-state index in [2.05, 4.69) is 15.2 Å². The van der Waals surface area contributed by atoms with Crippen LogP contribution in [0, 0.1) is 5.41 Å².